The summed E-state index contributed by atoms with van der Waals surface area (Å²) in [4.78, 5) is 35.2. The molecule has 12 heteroatoms. The van der Waals surface area contributed by atoms with Crippen LogP contribution >= 0.6 is 24.2 Å². The van der Waals surface area contributed by atoms with E-state index in [2.05, 4.69) is 132 Å². The average Bonchev–Trinajstić information content (AvgIpc) is 3.67. The molecule has 0 bridgehead atoms. The van der Waals surface area contributed by atoms with Gasteiger partial charge in [-0.2, -0.15) is 12.6 Å². The molecule has 7 rings (SSSR count). The Bertz CT molecular complexity index is 2590. The van der Waals surface area contributed by atoms with Crippen LogP contribution in [0.3, 0.4) is 0 Å². The Hall–Kier alpha value is -3.81. The average molecular weight is 917 g/mol. The predicted octanol–water partition coefficient (Wildman–Crippen LogP) is 10.7. The second kappa shape index (κ2) is 23.8. The molecule has 65 heavy (non-hydrogen) atoms. The minimum atomic E-state index is -0.103. The number of hydrogen-bond acceptors (Lipinski definition) is 8. The van der Waals surface area contributed by atoms with Crippen molar-refractivity contribution in [3.05, 3.63) is 91.8 Å². The number of nitrogens with one attached hydrogen (secondary N) is 1. The summed E-state index contributed by atoms with van der Waals surface area (Å²) in [6, 6.07) is 9.77. The summed E-state index contributed by atoms with van der Waals surface area (Å²) in [7, 11) is 0. The smallest absolute Gasteiger partial charge is 1.00 e. The maximum absolute atomic E-state index is 13.1. The second-order valence-corrected chi connectivity index (χ2v) is 18.2. The van der Waals surface area contributed by atoms with E-state index in [-0.39, 0.29) is 38.2 Å². The first kappa shape index (κ1) is 52.2. The number of fused-ring (bicyclic) bond motifs is 1. The molecule has 0 amide bonds. The fourth-order valence-electron chi connectivity index (χ4n) is 10.5. The van der Waals surface area contributed by atoms with Crippen LogP contribution in [0.4, 0.5) is 11.6 Å². The Morgan fingerprint density at radius 2 is 1.17 bits per heavy atom. The van der Waals surface area contributed by atoms with Crippen LogP contribution in [0.15, 0.2) is 24.3 Å². The van der Waals surface area contributed by atoms with Gasteiger partial charge in [0.2, 0.25) is 0 Å². The molecule has 0 saturated heterocycles. The van der Waals surface area contributed by atoms with E-state index in [1.165, 1.54) is 70.3 Å². The first-order valence-corrected chi connectivity index (χ1v) is 24.6. The summed E-state index contributed by atoms with van der Waals surface area (Å²) in [5.74, 6) is 3.26. The summed E-state index contributed by atoms with van der Waals surface area (Å²) in [6.45, 7) is 31.2. The van der Waals surface area contributed by atoms with Crippen LogP contribution < -0.4 is 29.1 Å². The summed E-state index contributed by atoms with van der Waals surface area (Å²) in [5.41, 5.74) is 15.8. The van der Waals surface area contributed by atoms with E-state index in [0.29, 0.717) is 23.5 Å². The number of aryl methyl sites for hydroxylation is 8. The molecule has 0 fully saturated rings. The van der Waals surface area contributed by atoms with Gasteiger partial charge in [0.05, 0.1) is 33.6 Å². The van der Waals surface area contributed by atoms with Gasteiger partial charge in [-0.1, -0.05) is 88.8 Å². The van der Waals surface area contributed by atoms with Gasteiger partial charge in [0.15, 0.2) is 17.1 Å². The van der Waals surface area contributed by atoms with Crippen molar-refractivity contribution in [2.75, 3.05) is 28.9 Å². The number of Topliss-reactive ketones (excluding diaryl/α,β-unsaturated/α-hetero) is 1. The van der Waals surface area contributed by atoms with E-state index < -0.39 is 0 Å². The van der Waals surface area contributed by atoms with Crippen molar-refractivity contribution in [1.29, 1.82) is 0 Å². The Balaban J connectivity index is 0.000000327. The van der Waals surface area contributed by atoms with Gasteiger partial charge >= 0.3 is 18.9 Å². The zero-order valence-electron chi connectivity index (χ0n) is 44.3. The van der Waals surface area contributed by atoms with Crippen molar-refractivity contribution in [2.24, 2.45) is 0 Å². The molecule has 1 N–H and O–H groups in total. The number of thiol groups is 1. The van der Waals surface area contributed by atoms with Gasteiger partial charge < -0.3 is 11.6 Å². The number of nitrogens with zero attached hydrogens (tertiary/aromatic N) is 7. The minimum Gasteiger partial charge on any atom is -1.00 e. The number of ketones is 1. The predicted molar refractivity (Wildman–Crippen MR) is 278 cm³/mol. The monoisotopic (exact) mass is 916 g/mol. The van der Waals surface area contributed by atoms with Gasteiger partial charge in [0.1, 0.15) is 23.3 Å². The molecule has 1 aliphatic heterocycles. The first-order valence-electron chi connectivity index (χ1n) is 24.2. The molecule has 0 unspecified atom stereocenters. The molecule has 348 valence electrons. The van der Waals surface area contributed by atoms with E-state index in [1.54, 1.807) is 0 Å². The largest absolute Gasteiger partial charge is 1.00 e. The van der Waals surface area contributed by atoms with Crippen molar-refractivity contribution in [2.45, 2.75) is 167 Å². The molecule has 4 aromatic heterocycles. The molecule has 5 heterocycles. The number of rotatable bonds is 15. The van der Waals surface area contributed by atoms with E-state index >= 15 is 0 Å². The van der Waals surface area contributed by atoms with E-state index in [9.17, 15) is 4.79 Å². The van der Waals surface area contributed by atoms with Crippen molar-refractivity contribution < 1.29 is 26.5 Å². The van der Waals surface area contributed by atoms with Gasteiger partial charge in [-0.15, -0.1) is 11.6 Å². The molecular formula is C53H76ClLiN8OS. The Kier molecular flexibility index (Phi) is 19.1. The third-order valence-corrected chi connectivity index (χ3v) is 13.0. The maximum atomic E-state index is 13.1. The summed E-state index contributed by atoms with van der Waals surface area (Å²) in [5, 5.41) is 5.71. The molecule has 0 saturated carbocycles. The number of aromatic nitrogens is 6. The van der Waals surface area contributed by atoms with Crippen molar-refractivity contribution >= 4 is 63.7 Å². The molecule has 1 aliphatic rings. The van der Waals surface area contributed by atoms with Crippen LogP contribution in [0.25, 0.3) is 33.4 Å². The molecule has 2 aromatic carbocycles. The normalized spacial score (nSPS) is 12.3. The quantitative estimate of drug-likeness (QED) is 0.0459. The third kappa shape index (κ3) is 11.2. The fraction of sp³-hybridized carbons (Fsp3) is 0.528. The van der Waals surface area contributed by atoms with Crippen molar-refractivity contribution in [3.63, 3.8) is 0 Å². The van der Waals surface area contributed by atoms with Crippen molar-refractivity contribution in [3.8, 4) is 11.4 Å². The van der Waals surface area contributed by atoms with Gasteiger partial charge in [-0.05, 0) is 135 Å². The Morgan fingerprint density at radius 1 is 0.723 bits per heavy atom. The number of hydrogen-bond donors (Lipinski definition) is 2. The van der Waals surface area contributed by atoms with Crippen LogP contribution in [-0.2, 0) is 6.42 Å². The van der Waals surface area contributed by atoms with E-state index in [1.807, 2.05) is 20.8 Å². The van der Waals surface area contributed by atoms with Crippen LogP contribution in [0.2, 0.25) is 0 Å². The SMILES string of the molecule is CCCC(CCC)N1CCc2c(C)n(-c3c(C)cc(C)cc3C)c3nc(C)nc1c23.CCCC(CCC)Nc1nc(C)nc2c1c(C(=O)CCl)c(C)n2-c1c(C)cc(C)cc1C.[2H]CS.[H-].[Li+]. The number of carbonyl (C=O) groups excluding carboxylic acids is 1. The summed E-state index contributed by atoms with van der Waals surface area (Å²) < 4.78 is 10.6. The summed E-state index contributed by atoms with van der Waals surface area (Å²) >= 11 is 9.52. The first-order chi connectivity index (χ1) is 31.0. The molecular weight excluding hydrogens is 839 g/mol. The fourth-order valence-corrected chi connectivity index (χ4v) is 10.6. The molecule has 0 atom stereocenters. The molecule has 0 radical (unpaired) electrons. The minimum absolute atomic E-state index is 0. The zero-order valence-corrected chi connectivity index (χ0v) is 44.0. The third-order valence-electron chi connectivity index (χ3n) is 12.7. The van der Waals surface area contributed by atoms with Gasteiger partial charge in [0.25, 0.3) is 0 Å². The molecule has 0 spiro atoms. The Morgan fingerprint density at radius 3 is 1.63 bits per heavy atom. The van der Waals surface area contributed by atoms with E-state index in [0.717, 1.165) is 95.3 Å². The van der Waals surface area contributed by atoms with E-state index in [4.69, 9.17) is 32.9 Å². The number of halogens is 1. The van der Waals surface area contributed by atoms with Crippen LogP contribution in [0.1, 0.15) is 154 Å². The molecule has 0 aliphatic carbocycles. The zero-order chi connectivity index (χ0) is 47.9. The second-order valence-electron chi connectivity index (χ2n) is 18.0. The standard InChI is InChI=1S/C26H35ClN4O.C26H36N4.CH4S.Li.H/c1-8-10-20(11-9-2)30-25-23-22(21(32)14-27)18(6)31(26(23)29-19(7)28-25)24-16(4)12-15(3)13-17(24)5;1-8-10-21(11-9-2)29-13-12-22-19(6)30(24-17(4)14-16(3)15-18(24)5)26-23(22)25(29)27-20(7)28-26;1-2;;/h12-13,20H,8-11,14H2,1-7H3,(H,28,29,30);14-15,21H,8-13H2,1-7H3;2H,1H3;;/q;;;+1;-1/i;;1D;;. The van der Waals surface area contributed by atoms with Gasteiger partial charge in [-0.3, -0.25) is 13.9 Å². The maximum Gasteiger partial charge on any atom is 1.00 e. The van der Waals surface area contributed by atoms with Gasteiger partial charge in [-0.25, -0.2) is 19.9 Å². The molecule has 9 nitrogen and oxygen atoms in total. The van der Waals surface area contributed by atoms with Crippen molar-refractivity contribution in [1.82, 2.24) is 29.1 Å². The number of benzene rings is 2. The van der Waals surface area contributed by atoms with Crippen LogP contribution in [-0.4, -0.2) is 65.6 Å². The Labute approximate surface area is 415 Å². The number of carbonyl (C=O) groups is 1. The van der Waals surface area contributed by atoms with Gasteiger partial charge in [0, 0.05) is 31.4 Å². The number of anilines is 2. The van der Waals surface area contributed by atoms with Crippen LogP contribution in [0, 0.1) is 69.2 Å². The molecule has 6 aromatic rings. The van der Waals surface area contributed by atoms with Crippen LogP contribution in [0.5, 0.6) is 0 Å². The number of alkyl halides is 1. The summed E-state index contributed by atoms with van der Waals surface area (Å²) in [6.07, 6.45) is 10.4. The topological polar surface area (TPSA) is 93.8 Å².